The summed E-state index contributed by atoms with van der Waals surface area (Å²) in [5.41, 5.74) is 1.11. The minimum absolute atomic E-state index is 0.477. The Kier molecular flexibility index (Phi) is 8.36. The van der Waals surface area contributed by atoms with Crippen molar-refractivity contribution >= 4 is 5.96 Å². The Hall–Kier alpha value is -1.86. The van der Waals surface area contributed by atoms with Gasteiger partial charge in [-0.15, -0.1) is 0 Å². The molecule has 2 N–H and O–H groups in total. The first-order valence-electron chi connectivity index (χ1n) is 10.6. The summed E-state index contributed by atoms with van der Waals surface area (Å²) in [6, 6.07) is 4.45. The number of pyridine rings is 1. The van der Waals surface area contributed by atoms with E-state index in [-0.39, 0.29) is 0 Å². The second-order valence-electron chi connectivity index (χ2n) is 7.73. The van der Waals surface area contributed by atoms with Gasteiger partial charge < -0.3 is 25.0 Å². The summed E-state index contributed by atoms with van der Waals surface area (Å²) in [5, 5.41) is 6.97. The third-order valence-corrected chi connectivity index (χ3v) is 5.40. The lowest BCUT2D eigenvalue weighted by Gasteiger charge is -2.34. The SMILES string of the molecule is CCCOc1ccc(CNC(=NC)NC2CCN(CC3CCOC3)CC2)cn1. The molecule has 2 saturated heterocycles. The number of aliphatic imine (C=N–C) groups is 1. The number of guanidine groups is 1. The van der Waals surface area contributed by atoms with Crippen LogP contribution in [0.15, 0.2) is 23.3 Å². The van der Waals surface area contributed by atoms with Crippen LogP contribution in [0.2, 0.25) is 0 Å². The highest BCUT2D eigenvalue weighted by atomic mass is 16.5. The molecule has 1 aromatic heterocycles. The number of piperidine rings is 1. The number of nitrogens with zero attached hydrogens (tertiary/aromatic N) is 3. The molecule has 7 nitrogen and oxygen atoms in total. The predicted molar refractivity (Wildman–Crippen MR) is 112 cm³/mol. The number of hydrogen-bond acceptors (Lipinski definition) is 5. The molecule has 1 unspecified atom stereocenters. The van der Waals surface area contributed by atoms with Gasteiger partial charge in [-0.3, -0.25) is 4.99 Å². The molecule has 3 heterocycles. The number of hydrogen-bond donors (Lipinski definition) is 2. The van der Waals surface area contributed by atoms with Gasteiger partial charge in [-0.05, 0) is 37.2 Å². The van der Waals surface area contributed by atoms with E-state index in [4.69, 9.17) is 9.47 Å². The molecule has 0 spiro atoms. The molecular formula is C21H35N5O2. The van der Waals surface area contributed by atoms with E-state index < -0.39 is 0 Å². The van der Waals surface area contributed by atoms with E-state index in [1.165, 1.54) is 13.0 Å². The smallest absolute Gasteiger partial charge is 0.213 e. The van der Waals surface area contributed by atoms with Gasteiger partial charge >= 0.3 is 0 Å². The van der Waals surface area contributed by atoms with E-state index in [0.29, 0.717) is 25.1 Å². The van der Waals surface area contributed by atoms with Gasteiger partial charge in [-0.25, -0.2) is 4.98 Å². The summed E-state index contributed by atoms with van der Waals surface area (Å²) < 4.78 is 11.0. The average Bonchev–Trinajstić information content (AvgIpc) is 3.24. The third-order valence-electron chi connectivity index (χ3n) is 5.40. The van der Waals surface area contributed by atoms with Crippen molar-refractivity contribution in [1.29, 1.82) is 0 Å². The van der Waals surface area contributed by atoms with Crippen LogP contribution in [0, 0.1) is 5.92 Å². The number of ether oxygens (including phenoxy) is 2. The Morgan fingerprint density at radius 3 is 2.82 bits per heavy atom. The molecule has 0 aliphatic carbocycles. The molecule has 1 aromatic rings. The molecule has 7 heteroatoms. The zero-order chi connectivity index (χ0) is 19.6. The van der Waals surface area contributed by atoms with Crippen LogP contribution in [-0.4, -0.2) is 68.4 Å². The van der Waals surface area contributed by atoms with Crippen molar-refractivity contribution in [2.45, 2.75) is 45.2 Å². The number of likely N-dealkylation sites (tertiary alicyclic amines) is 1. The van der Waals surface area contributed by atoms with Crippen molar-refractivity contribution in [1.82, 2.24) is 20.5 Å². The van der Waals surface area contributed by atoms with Crippen molar-refractivity contribution in [3.63, 3.8) is 0 Å². The normalized spacial score (nSPS) is 21.6. The highest BCUT2D eigenvalue weighted by Crippen LogP contribution is 2.17. The topological polar surface area (TPSA) is 71.0 Å². The fourth-order valence-electron chi connectivity index (χ4n) is 3.73. The summed E-state index contributed by atoms with van der Waals surface area (Å²) in [7, 11) is 1.82. The van der Waals surface area contributed by atoms with Gasteiger partial charge in [0.15, 0.2) is 5.96 Å². The van der Waals surface area contributed by atoms with Gasteiger partial charge in [0, 0.05) is 58.1 Å². The summed E-state index contributed by atoms with van der Waals surface area (Å²) in [4.78, 5) is 11.3. The van der Waals surface area contributed by atoms with Crippen LogP contribution in [0.4, 0.5) is 0 Å². The summed E-state index contributed by atoms with van der Waals surface area (Å²) >= 11 is 0. The lowest BCUT2D eigenvalue weighted by Crippen LogP contribution is -2.49. The standard InChI is InChI=1S/C21H35N5O2/c1-3-11-28-20-5-4-17(13-23-20)14-24-21(22-2)25-19-6-9-26(10-7-19)15-18-8-12-27-16-18/h4-5,13,18-19H,3,6-12,14-16H2,1-2H3,(H2,22,24,25). The van der Waals surface area contributed by atoms with E-state index in [9.17, 15) is 0 Å². The van der Waals surface area contributed by atoms with Gasteiger partial charge in [0.25, 0.3) is 0 Å². The van der Waals surface area contributed by atoms with Gasteiger partial charge in [-0.2, -0.15) is 0 Å². The minimum Gasteiger partial charge on any atom is -0.478 e. The highest BCUT2D eigenvalue weighted by molar-refractivity contribution is 5.79. The quantitative estimate of drug-likeness (QED) is 0.524. The third kappa shape index (κ3) is 6.63. The zero-order valence-electron chi connectivity index (χ0n) is 17.3. The molecule has 0 saturated carbocycles. The van der Waals surface area contributed by atoms with Crippen LogP contribution in [0.5, 0.6) is 5.88 Å². The molecule has 2 fully saturated rings. The van der Waals surface area contributed by atoms with E-state index in [0.717, 1.165) is 63.0 Å². The van der Waals surface area contributed by atoms with E-state index in [1.807, 2.05) is 25.4 Å². The van der Waals surface area contributed by atoms with Gasteiger partial charge in [0.05, 0.1) is 13.2 Å². The molecule has 0 aromatic carbocycles. The Balaban J connectivity index is 1.36. The van der Waals surface area contributed by atoms with Crippen molar-refractivity contribution in [3.8, 4) is 5.88 Å². The van der Waals surface area contributed by atoms with Crippen LogP contribution in [0.25, 0.3) is 0 Å². The Bertz CT molecular complexity index is 593. The van der Waals surface area contributed by atoms with E-state index in [2.05, 4.69) is 32.4 Å². The van der Waals surface area contributed by atoms with Crippen molar-refractivity contribution in [3.05, 3.63) is 23.9 Å². The maximum Gasteiger partial charge on any atom is 0.213 e. The van der Waals surface area contributed by atoms with Gasteiger partial charge in [0.1, 0.15) is 0 Å². The first-order chi connectivity index (χ1) is 13.8. The molecule has 0 radical (unpaired) electrons. The molecule has 3 rings (SSSR count). The fourth-order valence-corrected chi connectivity index (χ4v) is 3.73. The van der Waals surface area contributed by atoms with Crippen LogP contribution in [-0.2, 0) is 11.3 Å². The molecule has 156 valence electrons. The predicted octanol–water partition coefficient (Wildman–Crippen LogP) is 2.04. The van der Waals surface area contributed by atoms with E-state index in [1.54, 1.807) is 0 Å². The summed E-state index contributed by atoms with van der Waals surface area (Å²) in [5.74, 6) is 2.27. The monoisotopic (exact) mass is 389 g/mol. The number of aromatic nitrogens is 1. The number of rotatable bonds is 8. The van der Waals surface area contributed by atoms with Gasteiger partial charge in [-0.1, -0.05) is 13.0 Å². The maximum atomic E-state index is 5.53. The van der Waals surface area contributed by atoms with E-state index >= 15 is 0 Å². The molecule has 2 aliphatic heterocycles. The Morgan fingerprint density at radius 2 is 2.18 bits per heavy atom. The Morgan fingerprint density at radius 1 is 1.32 bits per heavy atom. The maximum absolute atomic E-state index is 5.53. The van der Waals surface area contributed by atoms with Crippen LogP contribution < -0.4 is 15.4 Å². The lowest BCUT2D eigenvalue weighted by molar-refractivity contribution is 0.150. The molecule has 28 heavy (non-hydrogen) atoms. The first-order valence-corrected chi connectivity index (χ1v) is 10.6. The first kappa shape index (κ1) is 20.9. The van der Waals surface area contributed by atoms with Crippen molar-refractivity contribution < 1.29 is 9.47 Å². The molecule has 0 amide bonds. The summed E-state index contributed by atoms with van der Waals surface area (Å²) in [6.07, 6.45) is 6.37. The second-order valence-corrected chi connectivity index (χ2v) is 7.73. The minimum atomic E-state index is 0.477. The van der Waals surface area contributed by atoms with Crippen LogP contribution in [0.3, 0.4) is 0 Å². The summed E-state index contributed by atoms with van der Waals surface area (Å²) in [6.45, 7) is 8.85. The van der Waals surface area contributed by atoms with Gasteiger partial charge in [0.2, 0.25) is 5.88 Å². The van der Waals surface area contributed by atoms with Crippen LogP contribution in [0.1, 0.15) is 38.2 Å². The largest absolute Gasteiger partial charge is 0.478 e. The Labute approximate surface area is 168 Å². The second kappa shape index (κ2) is 11.2. The fraction of sp³-hybridized carbons (Fsp3) is 0.714. The average molecular weight is 390 g/mol. The number of nitrogens with one attached hydrogen (secondary N) is 2. The molecule has 1 atom stereocenters. The zero-order valence-corrected chi connectivity index (χ0v) is 17.3. The lowest BCUT2D eigenvalue weighted by atomic mass is 10.0. The molecular weight excluding hydrogens is 354 g/mol. The van der Waals surface area contributed by atoms with Crippen molar-refractivity contribution in [2.75, 3.05) is 46.5 Å². The molecule has 2 aliphatic rings. The van der Waals surface area contributed by atoms with Crippen LogP contribution >= 0.6 is 0 Å². The highest BCUT2D eigenvalue weighted by Gasteiger charge is 2.24. The van der Waals surface area contributed by atoms with Crippen molar-refractivity contribution in [2.24, 2.45) is 10.9 Å². The molecule has 0 bridgehead atoms.